The second kappa shape index (κ2) is 8.60. The van der Waals surface area contributed by atoms with Gasteiger partial charge in [-0.25, -0.2) is 4.79 Å². The Morgan fingerprint density at radius 2 is 1.93 bits per heavy atom. The van der Waals surface area contributed by atoms with Crippen molar-refractivity contribution in [3.8, 4) is 0 Å². The minimum atomic E-state index is -1.16. The molecular weight excluding hydrogens is 370 g/mol. The summed E-state index contributed by atoms with van der Waals surface area (Å²) in [4.78, 5) is 25.1. The van der Waals surface area contributed by atoms with Crippen molar-refractivity contribution < 1.29 is 23.8 Å². The first-order valence-corrected chi connectivity index (χ1v) is 8.70. The van der Waals surface area contributed by atoms with Gasteiger partial charge >= 0.3 is 5.97 Å². The number of amides is 1. The predicted molar refractivity (Wildman–Crippen MR) is 100 cm³/mol. The predicted octanol–water partition coefficient (Wildman–Crippen LogP) is 3.76. The molecular formula is C20H18ClNO5. The lowest BCUT2D eigenvalue weighted by molar-refractivity contribution is -0.155. The van der Waals surface area contributed by atoms with Crippen LogP contribution < -0.4 is 5.32 Å². The van der Waals surface area contributed by atoms with Gasteiger partial charge in [-0.2, -0.15) is 0 Å². The zero-order chi connectivity index (χ0) is 19.2. The van der Waals surface area contributed by atoms with E-state index >= 15 is 0 Å². The van der Waals surface area contributed by atoms with E-state index in [2.05, 4.69) is 5.32 Å². The molecule has 7 heteroatoms. The summed E-state index contributed by atoms with van der Waals surface area (Å²) in [5, 5.41) is 3.25. The Kier molecular flexibility index (Phi) is 5.98. The number of hydrogen-bond donors (Lipinski definition) is 1. The summed E-state index contributed by atoms with van der Waals surface area (Å²) in [6, 6.07) is 13.9. The zero-order valence-electron chi connectivity index (χ0n) is 14.6. The maximum atomic E-state index is 12.8. The van der Waals surface area contributed by atoms with Crippen LogP contribution in [0.2, 0.25) is 5.02 Å². The molecule has 27 heavy (non-hydrogen) atoms. The second-order valence-corrected chi connectivity index (χ2v) is 6.26. The van der Waals surface area contributed by atoms with E-state index in [1.807, 2.05) is 6.92 Å². The fourth-order valence-electron chi connectivity index (χ4n) is 2.42. The highest BCUT2D eigenvalue weighted by Crippen LogP contribution is 2.24. The highest BCUT2D eigenvalue weighted by Gasteiger charge is 2.28. The van der Waals surface area contributed by atoms with Crippen molar-refractivity contribution in [1.29, 1.82) is 0 Å². The number of halogens is 1. The molecule has 6 nitrogen and oxygen atoms in total. The van der Waals surface area contributed by atoms with Crippen LogP contribution in [0.5, 0.6) is 0 Å². The molecule has 3 rings (SSSR count). The van der Waals surface area contributed by atoms with E-state index in [4.69, 9.17) is 25.8 Å². The molecule has 0 bridgehead atoms. The van der Waals surface area contributed by atoms with E-state index in [0.717, 1.165) is 5.56 Å². The molecule has 1 aliphatic heterocycles. The normalized spacial score (nSPS) is 14.2. The van der Waals surface area contributed by atoms with Crippen molar-refractivity contribution in [3.63, 3.8) is 0 Å². The molecule has 1 atom stereocenters. The lowest BCUT2D eigenvalue weighted by Gasteiger charge is -2.20. The van der Waals surface area contributed by atoms with E-state index in [1.54, 1.807) is 48.5 Å². The van der Waals surface area contributed by atoms with Gasteiger partial charge in [0.2, 0.25) is 11.9 Å². The second-order valence-electron chi connectivity index (χ2n) is 5.85. The van der Waals surface area contributed by atoms with Gasteiger partial charge in [0.1, 0.15) is 19.5 Å². The van der Waals surface area contributed by atoms with Gasteiger partial charge < -0.3 is 19.5 Å². The largest absolute Gasteiger partial charge is 0.493 e. The summed E-state index contributed by atoms with van der Waals surface area (Å²) >= 11 is 6.11. The van der Waals surface area contributed by atoms with E-state index < -0.39 is 18.0 Å². The van der Waals surface area contributed by atoms with E-state index in [0.29, 0.717) is 22.9 Å². The first-order chi connectivity index (χ1) is 13.0. The minimum Gasteiger partial charge on any atom is -0.493 e. The van der Waals surface area contributed by atoms with Crippen LogP contribution in [0.25, 0.3) is 0 Å². The van der Waals surface area contributed by atoms with Crippen molar-refractivity contribution in [2.75, 3.05) is 18.5 Å². The number of hydrogen-bond acceptors (Lipinski definition) is 5. The maximum Gasteiger partial charge on any atom is 0.378 e. The lowest BCUT2D eigenvalue weighted by atomic mass is 10.1. The molecule has 0 unspecified atom stereocenters. The van der Waals surface area contributed by atoms with Crippen LogP contribution in [-0.4, -0.2) is 25.1 Å². The number of benzene rings is 2. The van der Waals surface area contributed by atoms with Crippen LogP contribution in [0.1, 0.15) is 17.2 Å². The van der Waals surface area contributed by atoms with Crippen molar-refractivity contribution in [1.82, 2.24) is 0 Å². The summed E-state index contributed by atoms with van der Waals surface area (Å²) in [6.07, 6.45) is 0.0242. The van der Waals surface area contributed by atoms with Crippen molar-refractivity contribution in [3.05, 3.63) is 76.7 Å². The summed E-state index contributed by atoms with van der Waals surface area (Å²) in [5.41, 5.74) is 1.92. The van der Waals surface area contributed by atoms with Gasteiger partial charge in [-0.3, -0.25) is 4.79 Å². The van der Waals surface area contributed by atoms with Gasteiger partial charge in [-0.05, 0) is 24.6 Å². The summed E-state index contributed by atoms with van der Waals surface area (Å²) in [7, 11) is 0. The first kappa shape index (κ1) is 18.8. The van der Waals surface area contributed by atoms with Gasteiger partial charge in [0.05, 0.1) is 0 Å². The number of esters is 1. The van der Waals surface area contributed by atoms with E-state index in [-0.39, 0.29) is 12.4 Å². The first-order valence-electron chi connectivity index (χ1n) is 8.32. The van der Waals surface area contributed by atoms with Gasteiger partial charge in [0.25, 0.3) is 5.91 Å². The van der Waals surface area contributed by atoms with Gasteiger partial charge in [-0.1, -0.05) is 48.0 Å². The third kappa shape index (κ3) is 4.80. The van der Waals surface area contributed by atoms with E-state index in [9.17, 15) is 9.59 Å². The van der Waals surface area contributed by atoms with Crippen molar-refractivity contribution in [2.45, 2.75) is 13.0 Å². The fraction of sp³-hybridized carbons (Fsp3) is 0.200. The average Bonchev–Trinajstić information content (AvgIpc) is 2.70. The van der Waals surface area contributed by atoms with Gasteiger partial charge in [0, 0.05) is 16.3 Å². The molecule has 2 aromatic rings. The molecule has 1 heterocycles. The molecule has 2 aromatic carbocycles. The van der Waals surface area contributed by atoms with Crippen LogP contribution in [0.15, 0.2) is 60.6 Å². The number of ether oxygens (including phenoxy) is 3. The number of nitrogens with one attached hydrogen (secondary N) is 1. The SMILES string of the molecule is Cc1ccc(NC(=O)[C@@H](OC(=O)C2=COCCO2)c2ccccc2)cc1Cl. The van der Waals surface area contributed by atoms with Crippen molar-refractivity contribution in [2.24, 2.45) is 0 Å². The molecule has 140 valence electrons. The smallest absolute Gasteiger partial charge is 0.378 e. The van der Waals surface area contributed by atoms with Crippen LogP contribution in [-0.2, 0) is 23.8 Å². The van der Waals surface area contributed by atoms with Gasteiger partial charge in [0.15, 0.2) is 0 Å². The lowest BCUT2D eigenvalue weighted by Crippen LogP contribution is -2.27. The highest BCUT2D eigenvalue weighted by molar-refractivity contribution is 6.31. The van der Waals surface area contributed by atoms with Crippen molar-refractivity contribution >= 4 is 29.2 Å². The summed E-state index contributed by atoms with van der Waals surface area (Å²) < 4.78 is 15.7. The highest BCUT2D eigenvalue weighted by atomic mass is 35.5. The van der Waals surface area contributed by atoms with E-state index in [1.165, 1.54) is 6.26 Å². The molecule has 1 amide bonds. The Morgan fingerprint density at radius 1 is 1.15 bits per heavy atom. The third-order valence-electron chi connectivity index (χ3n) is 3.86. The van der Waals surface area contributed by atoms with Crippen LogP contribution >= 0.6 is 11.6 Å². The Hall–Kier alpha value is -2.99. The number of rotatable bonds is 5. The topological polar surface area (TPSA) is 73.9 Å². The Labute approximate surface area is 161 Å². The monoisotopic (exact) mass is 387 g/mol. The molecule has 0 saturated carbocycles. The number of aryl methyl sites for hydroxylation is 1. The van der Waals surface area contributed by atoms with Crippen LogP contribution in [0.3, 0.4) is 0 Å². The Balaban J connectivity index is 1.80. The quantitative estimate of drug-likeness (QED) is 0.791. The molecule has 0 saturated heterocycles. The molecule has 0 radical (unpaired) electrons. The summed E-state index contributed by atoms with van der Waals surface area (Å²) in [5.74, 6) is -1.36. The maximum absolute atomic E-state index is 12.8. The number of anilines is 1. The number of carbonyl (C=O) groups is 2. The molecule has 0 spiro atoms. The van der Waals surface area contributed by atoms with Crippen LogP contribution in [0, 0.1) is 6.92 Å². The average molecular weight is 388 g/mol. The molecule has 1 aliphatic rings. The fourth-order valence-corrected chi connectivity index (χ4v) is 2.60. The molecule has 0 aliphatic carbocycles. The Morgan fingerprint density at radius 3 is 2.59 bits per heavy atom. The molecule has 0 aromatic heterocycles. The standard InChI is InChI=1S/C20H18ClNO5/c1-13-7-8-15(11-16(13)21)22-19(23)18(14-5-3-2-4-6-14)27-20(24)17-12-25-9-10-26-17/h2-8,11-12,18H,9-10H2,1H3,(H,22,23)/t18-/m0/s1. The third-order valence-corrected chi connectivity index (χ3v) is 4.26. The van der Waals surface area contributed by atoms with Crippen LogP contribution in [0.4, 0.5) is 5.69 Å². The zero-order valence-corrected chi connectivity index (χ0v) is 15.4. The number of carbonyl (C=O) groups excluding carboxylic acids is 2. The van der Waals surface area contributed by atoms with Gasteiger partial charge in [-0.15, -0.1) is 0 Å². The molecule has 1 N–H and O–H groups in total. The molecule has 0 fully saturated rings. The Bertz CT molecular complexity index is 866. The minimum absolute atomic E-state index is 0.0756. The summed E-state index contributed by atoms with van der Waals surface area (Å²) in [6.45, 7) is 2.46.